The summed E-state index contributed by atoms with van der Waals surface area (Å²) < 4.78 is 5.50. The number of ether oxygens (including phenoxy) is 1. The van der Waals surface area contributed by atoms with E-state index in [1.54, 1.807) is 0 Å². The van der Waals surface area contributed by atoms with Gasteiger partial charge in [0.1, 0.15) is 11.4 Å². The van der Waals surface area contributed by atoms with Gasteiger partial charge in [-0.3, -0.25) is 4.79 Å². The van der Waals surface area contributed by atoms with Crippen LogP contribution in [0.25, 0.3) is 11.3 Å². The molecule has 0 unspecified atom stereocenters. The molecule has 1 aromatic carbocycles. The van der Waals surface area contributed by atoms with E-state index in [4.69, 9.17) is 16.2 Å². The summed E-state index contributed by atoms with van der Waals surface area (Å²) in [5, 5.41) is 0. The minimum absolute atomic E-state index is 0.0163. The molecular formula is C14H16N4O2. The van der Waals surface area contributed by atoms with Crippen LogP contribution in [0, 0.1) is 0 Å². The highest BCUT2D eigenvalue weighted by Gasteiger charge is 2.09. The Hall–Kier alpha value is -2.63. The van der Waals surface area contributed by atoms with E-state index in [-0.39, 0.29) is 11.6 Å². The number of benzene rings is 1. The molecule has 6 heteroatoms. The van der Waals surface area contributed by atoms with Gasteiger partial charge >= 0.3 is 0 Å². The van der Waals surface area contributed by atoms with Gasteiger partial charge in [0.2, 0.25) is 5.95 Å². The van der Waals surface area contributed by atoms with E-state index in [9.17, 15) is 4.79 Å². The lowest BCUT2D eigenvalue weighted by Gasteiger charge is -2.07. The molecule has 0 atom stereocenters. The highest BCUT2D eigenvalue weighted by molar-refractivity contribution is 5.92. The molecule has 1 amide bonds. The van der Waals surface area contributed by atoms with Gasteiger partial charge in [0.05, 0.1) is 12.3 Å². The molecule has 0 aliphatic carbocycles. The molecule has 0 bridgehead atoms. The second-order valence-electron chi connectivity index (χ2n) is 4.23. The molecule has 2 rings (SSSR count). The number of carbonyl (C=O) groups is 1. The Bertz CT molecular complexity index is 611. The summed E-state index contributed by atoms with van der Waals surface area (Å²) in [6.07, 6.45) is 0.951. The van der Waals surface area contributed by atoms with Gasteiger partial charge in [-0.2, -0.15) is 0 Å². The molecule has 2 aromatic rings. The molecule has 0 aliphatic heterocycles. The van der Waals surface area contributed by atoms with Crippen molar-refractivity contribution in [1.82, 2.24) is 9.97 Å². The summed E-state index contributed by atoms with van der Waals surface area (Å²) in [6, 6.07) is 8.89. The maximum atomic E-state index is 11.2. The van der Waals surface area contributed by atoms with Crippen molar-refractivity contribution in [2.45, 2.75) is 13.3 Å². The van der Waals surface area contributed by atoms with Gasteiger partial charge in [0.15, 0.2) is 0 Å². The lowest BCUT2D eigenvalue weighted by molar-refractivity contribution is 0.0995. The molecule has 6 nitrogen and oxygen atoms in total. The number of hydrogen-bond acceptors (Lipinski definition) is 5. The van der Waals surface area contributed by atoms with Crippen LogP contribution < -0.4 is 16.2 Å². The number of hydrogen-bond donors (Lipinski definition) is 2. The molecule has 0 fully saturated rings. The molecule has 0 aliphatic rings. The summed E-state index contributed by atoms with van der Waals surface area (Å²) in [6.45, 7) is 2.72. The number of rotatable bonds is 5. The second kappa shape index (κ2) is 6.01. The van der Waals surface area contributed by atoms with Crippen LogP contribution in [0.5, 0.6) is 5.75 Å². The van der Waals surface area contributed by atoms with Crippen molar-refractivity contribution in [3.8, 4) is 17.0 Å². The van der Waals surface area contributed by atoms with Crippen molar-refractivity contribution < 1.29 is 9.53 Å². The van der Waals surface area contributed by atoms with Crippen molar-refractivity contribution in [1.29, 1.82) is 0 Å². The van der Waals surface area contributed by atoms with Crippen molar-refractivity contribution >= 4 is 11.9 Å². The summed E-state index contributed by atoms with van der Waals surface area (Å²) in [5.74, 6) is 0.165. The van der Waals surface area contributed by atoms with Gasteiger partial charge in [-0.05, 0) is 36.8 Å². The zero-order valence-electron chi connectivity index (χ0n) is 11.2. The van der Waals surface area contributed by atoms with Crippen LogP contribution in [-0.4, -0.2) is 22.5 Å². The minimum atomic E-state index is -0.636. The number of aromatic nitrogens is 2. The Morgan fingerprint density at radius 1 is 1.25 bits per heavy atom. The number of amides is 1. The monoisotopic (exact) mass is 272 g/mol. The smallest absolute Gasteiger partial charge is 0.267 e. The lowest BCUT2D eigenvalue weighted by atomic mass is 10.1. The first kappa shape index (κ1) is 13.8. The third-order valence-corrected chi connectivity index (χ3v) is 2.62. The summed E-state index contributed by atoms with van der Waals surface area (Å²) in [7, 11) is 0. The Morgan fingerprint density at radius 3 is 2.55 bits per heavy atom. The molecule has 20 heavy (non-hydrogen) atoms. The van der Waals surface area contributed by atoms with Crippen LogP contribution in [0.15, 0.2) is 30.3 Å². The van der Waals surface area contributed by atoms with E-state index >= 15 is 0 Å². The first-order chi connectivity index (χ1) is 9.60. The molecule has 4 N–H and O–H groups in total. The number of nitrogen functional groups attached to an aromatic ring is 1. The summed E-state index contributed by atoms with van der Waals surface area (Å²) in [5.41, 5.74) is 12.2. The summed E-state index contributed by atoms with van der Waals surface area (Å²) >= 11 is 0. The van der Waals surface area contributed by atoms with Crippen LogP contribution in [0.3, 0.4) is 0 Å². The fourth-order valence-corrected chi connectivity index (χ4v) is 1.68. The van der Waals surface area contributed by atoms with Crippen molar-refractivity contribution in [2.24, 2.45) is 5.73 Å². The average molecular weight is 272 g/mol. The molecule has 104 valence electrons. The van der Waals surface area contributed by atoms with E-state index in [0.717, 1.165) is 17.7 Å². The first-order valence-electron chi connectivity index (χ1n) is 6.27. The van der Waals surface area contributed by atoms with E-state index in [1.807, 2.05) is 31.2 Å². The van der Waals surface area contributed by atoms with E-state index in [2.05, 4.69) is 9.97 Å². The van der Waals surface area contributed by atoms with Crippen molar-refractivity contribution in [3.05, 3.63) is 36.0 Å². The van der Waals surface area contributed by atoms with E-state index in [0.29, 0.717) is 12.3 Å². The second-order valence-corrected chi connectivity index (χ2v) is 4.23. The van der Waals surface area contributed by atoms with Crippen molar-refractivity contribution in [2.75, 3.05) is 12.3 Å². The largest absolute Gasteiger partial charge is 0.494 e. The van der Waals surface area contributed by atoms with Crippen LogP contribution in [-0.2, 0) is 0 Å². The normalized spacial score (nSPS) is 10.2. The van der Waals surface area contributed by atoms with Gasteiger partial charge in [-0.25, -0.2) is 9.97 Å². The Labute approximate surface area is 116 Å². The number of carbonyl (C=O) groups excluding carboxylic acids is 1. The first-order valence-corrected chi connectivity index (χ1v) is 6.27. The quantitative estimate of drug-likeness (QED) is 0.860. The van der Waals surface area contributed by atoms with Crippen molar-refractivity contribution in [3.63, 3.8) is 0 Å². The third-order valence-electron chi connectivity index (χ3n) is 2.62. The number of primary amides is 1. The predicted octanol–water partition coefficient (Wildman–Crippen LogP) is 1.61. The van der Waals surface area contributed by atoms with Crippen LogP contribution in [0.4, 0.5) is 5.95 Å². The topological polar surface area (TPSA) is 104 Å². The average Bonchev–Trinajstić information content (AvgIpc) is 2.45. The Kier molecular flexibility index (Phi) is 4.14. The van der Waals surface area contributed by atoms with Crippen LogP contribution in [0.1, 0.15) is 23.8 Å². The standard InChI is InChI=1S/C14H16N4O2/c1-2-7-20-10-5-3-9(4-6-10)11-8-12(13(15)19)18-14(16)17-11/h3-6,8H,2,7H2,1H3,(H2,15,19)(H2,16,17,18). The lowest BCUT2D eigenvalue weighted by Crippen LogP contribution is -2.15. The highest BCUT2D eigenvalue weighted by Crippen LogP contribution is 2.22. The fraction of sp³-hybridized carbons (Fsp3) is 0.214. The minimum Gasteiger partial charge on any atom is -0.494 e. The number of nitrogens with two attached hydrogens (primary N) is 2. The molecule has 0 radical (unpaired) electrons. The van der Waals surface area contributed by atoms with Gasteiger partial charge in [-0.15, -0.1) is 0 Å². The Balaban J connectivity index is 2.29. The number of anilines is 1. The molecule has 0 saturated carbocycles. The van der Waals surface area contributed by atoms with Gasteiger partial charge in [0.25, 0.3) is 5.91 Å². The summed E-state index contributed by atoms with van der Waals surface area (Å²) in [4.78, 5) is 19.0. The van der Waals surface area contributed by atoms with Gasteiger partial charge in [-0.1, -0.05) is 6.92 Å². The predicted molar refractivity (Wildman–Crippen MR) is 76.2 cm³/mol. The van der Waals surface area contributed by atoms with Gasteiger partial charge < -0.3 is 16.2 Å². The Morgan fingerprint density at radius 2 is 1.95 bits per heavy atom. The van der Waals surface area contributed by atoms with E-state index in [1.165, 1.54) is 6.07 Å². The molecule has 0 spiro atoms. The molecule has 0 saturated heterocycles. The van der Waals surface area contributed by atoms with Gasteiger partial charge in [0, 0.05) is 5.56 Å². The molecular weight excluding hydrogens is 256 g/mol. The highest BCUT2D eigenvalue weighted by atomic mass is 16.5. The zero-order valence-corrected chi connectivity index (χ0v) is 11.2. The number of nitrogens with zero attached hydrogens (tertiary/aromatic N) is 2. The molecule has 1 heterocycles. The SMILES string of the molecule is CCCOc1ccc(-c2cc(C(N)=O)nc(N)n2)cc1. The van der Waals surface area contributed by atoms with Crippen LogP contribution >= 0.6 is 0 Å². The maximum absolute atomic E-state index is 11.2. The molecule has 1 aromatic heterocycles. The van der Waals surface area contributed by atoms with E-state index < -0.39 is 5.91 Å². The fourth-order valence-electron chi connectivity index (χ4n) is 1.68. The zero-order chi connectivity index (χ0) is 14.5. The third kappa shape index (κ3) is 3.23. The maximum Gasteiger partial charge on any atom is 0.267 e. The van der Waals surface area contributed by atoms with Crippen LogP contribution in [0.2, 0.25) is 0 Å².